The van der Waals surface area contributed by atoms with Crippen molar-refractivity contribution in [3.8, 4) is 17.0 Å². The Bertz CT molecular complexity index is 1230. The second-order valence-corrected chi connectivity index (χ2v) is 6.88. The average Bonchev–Trinajstić information content (AvgIpc) is 3.21. The van der Waals surface area contributed by atoms with Gasteiger partial charge in [0.25, 0.3) is 5.56 Å². The van der Waals surface area contributed by atoms with Gasteiger partial charge in [-0.25, -0.2) is 9.20 Å². The lowest BCUT2D eigenvalue weighted by atomic mass is 10.1. The zero-order valence-electron chi connectivity index (χ0n) is 16.6. The molecule has 30 heavy (non-hydrogen) atoms. The molecule has 0 radical (unpaired) electrons. The summed E-state index contributed by atoms with van der Waals surface area (Å²) in [5, 5.41) is 11.4. The zero-order valence-corrected chi connectivity index (χ0v) is 16.6. The Morgan fingerprint density at radius 3 is 2.57 bits per heavy atom. The van der Waals surface area contributed by atoms with Crippen molar-refractivity contribution in [2.45, 2.75) is 19.5 Å². The van der Waals surface area contributed by atoms with Crippen LogP contribution in [0, 0.1) is 0 Å². The van der Waals surface area contributed by atoms with Crippen LogP contribution in [0.5, 0.6) is 5.75 Å². The molecule has 0 spiro atoms. The van der Waals surface area contributed by atoms with Crippen LogP contribution in [0.3, 0.4) is 0 Å². The molecule has 0 saturated heterocycles. The van der Waals surface area contributed by atoms with Crippen LogP contribution in [0.1, 0.15) is 18.5 Å². The highest BCUT2D eigenvalue weighted by Gasteiger charge is 2.14. The van der Waals surface area contributed by atoms with Gasteiger partial charge in [0.15, 0.2) is 0 Å². The summed E-state index contributed by atoms with van der Waals surface area (Å²) >= 11 is 0. The summed E-state index contributed by atoms with van der Waals surface area (Å²) in [6, 6.07) is 18.5. The first-order chi connectivity index (χ1) is 14.5. The molecule has 4 rings (SSSR count). The number of ether oxygens (including phenoxy) is 1. The molecule has 0 aliphatic rings. The minimum absolute atomic E-state index is 0.171. The van der Waals surface area contributed by atoms with E-state index in [1.807, 2.05) is 61.5 Å². The lowest BCUT2D eigenvalue weighted by Gasteiger charge is -2.14. The smallest absolute Gasteiger partial charge is 0.293 e. The number of nitrogens with one attached hydrogen (secondary N) is 1. The van der Waals surface area contributed by atoms with Gasteiger partial charge in [-0.15, -0.1) is 0 Å². The van der Waals surface area contributed by atoms with Gasteiger partial charge in [0.2, 0.25) is 5.91 Å². The molecule has 8 heteroatoms. The molecule has 8 nitrogen and oxygen atoms in total. The minimum atomic E-state index is -0.382. The van der Waals surface area contributed by atoms with Gasteiger partial charge in [-0.1, -0.05) is 30.3 Å². The molecule has 0 saturated carbocycles. The van der Waals surface area contributed by atoms with Gasteiger partial charge in [-0.3, -0.25) is 9.59 Å². The van der Waals surface area contributed by atoms with Crippen molar-refractivity contribution in [2.24, 2.45) is 0 Å². The Morgan fingerprint density at radius 1 is 1.13 bits per heavy atom. The fourth-order valence-electron chi connectivity index (χ4n) is 3.20. The molecule has 2 aromatic heterocycles. The highest BCUT2D eigenvalue weighted by molar-refractivity contribution is 5.76. The summed E-state index contributed by atoms with van der Waals surface area (Å²) in [6.07, 6.45) is 1.43. The predicted molar refractivity (Wildman–Crippen MR) is 112 cm³/mol. The largest absolute Gasteiger partial charge is 0.497 e. The van der Waals surface area contributed by atoms with Crippen molar-refractivity contribution in [1.29, 1.82) is 0 Å². The summed E-state index contributed by atoms with van der Waals surface area (Å²) in [4.78, 5) is 25.2. The first-order valence-electron chi connectivity index (χ1n) is 9.49. The van der Waals surface area contributed by atoms with Crippen molar-refractivity contribution < 1.29 is 9.53 Å². The van der Waals surface area contributed by atoms with Gasteiger partial charge < -0.3 is 10.1 Å². The van der Waals surface area contributed by atoms with Gasteiger partial charge in [-0.2, -0.15) is 10.2 Å². The van der Waals surface area contributed by atoms with E-state index >= 15 is 0 Å². The summed E-state index contributed by atoms with van der Waals surface area (Å²) in [7, 11) is 1.60. The molecular weight excluding hydrogens is 382 g/mol. The Kier molecular flexibility index (Phi) is 5.30. The number of rotatable bonds is 6. The second kappa shape index (κ2) is 8.20. The highest BCUT2D eigenvalue weighted by atomic mass is 16.5. The van der Waals surface area contributed by atoms with E-state index in [0.717, 1.165) is 21.6 Å². The molecule has 0 fully saturated rings. The van der Waals surface area contributed by atoms with E-state index in [4.69, 9.17) is 4.74 Å². The molecule has 2 heterocycles. The summed E-state index contributed by atoms with van der Waals surface area (Å²) in [6.45, 7) is 1.72. The normalized spacial score (nSPS) is 11.9. The molecular formula is C22H21N5O3. The number of carbonyl (C=O) groups excluding carboxylic acids is 1. The molecule has 1 N–H and O–H groups in total. The van der Waals surface area contributed by atoms with Crippen LogP contribution in [0.15, 0.2) is 71.8 Å². The quantitative estimate of drug-likeness (QED) is 0.534. The van der Waals surface area contributed by atoms with Crippen LogP contribution in [0.25, 0.3) is 16.8 Å². The molecule has 0 aliphatic heterocycles. The average molecular weight is 403 g/mol. The van der Waals surface area contributed by atoms with Gasteiger partial charge in [0.05, 0.1) is 18.8 Å². The van der Waals surface area contributed by atoms with E-state index in [0.29, 0.717) is 11.2 Å². The van der Waals surface area contributed by atoms with Crippen LogP contribution in [-0.4, -0.2) is 32.4 Å². The van der Waals surface area contributed by atoms with Gasteiger partial charge >= 0.3 is 0 Å². The SMILES string of the molecule is COc1ccc(-c2cc3c(=O)n(CC(=O)NC(C)c4ccccc4)ncn3n2)cc1. The molecule has 1 atom stereocenters. The number of fused-ring (bicyclic) bond motifs is 1. The van der Waals surface area contributed by atoms with E-state index < -0.39 is 0 Å². The monoisotopic (exact) mass is 403 g/mol. The number of methoxy groups -OCH3 is 1. The molecule has 0 aliphatic carbocycles. The molecule has 2 aromatic carbocycles. The fourth-order valence-corrected chi connectivity index (χ4v) is 3.20. The Hall–Kier alpha value is -3.94. The van der Waals surface area contributed by atoms with Crippen LogP contribution in [0.4, 0.5) is 0 Å². The third-order valence-corrected chi connectivity index (χ3v) is 4.85. The summed E-state index contributed by atoms with van der Waals surface area (Å²) < 4.78 is 7.72. The number of amides is 1. The fraction of sp³-hybridized carbons (Fsp3) is 0.182. The molecule has 1 unspecified atom stereocenters. The summed E-state index contributed by atoms with van der Waals surface area (Å²) in [5.41, 5.74) is 2.44. The van der Waals surface area contributed by atoms with Crippen LogP contribution < -0.4 is 15.6 Å². The first kappa shape index (κ1) is 19.4. The molecule has 4 aromatic rings. The van der Waals surface area contributed by atoms with Crippen molar-refractivity contribution >= 4 is 11.4 Å². The maximum Gasteiger partial charge on any atom is 0.293 e. The Balaban J connectivity index is 1.54. The number of hydrogen-bond acceptors (Lipinski definition) is 5. The van der Waals surface area contributed by atoms with Crippen LogP contribution in [0.2, 0.25) is 0 Å². The lowest BCUT2D eigenvalue weighted by Crippen LogP contribution is -2.35. The Labute approximate surface area is 172 Å². The standard InChI is InChI=1S/C22H21N5O3/c1-15(16-6-4-3-5-7-16)24-21(28)13-26-22(29)20-12-19(25-27(20)14-23-26)17-8-10-18(30-2)11-9-17/h3-12,14-15H,13H2,1-2H3,(H,24,28). The number of aromatic nitrogens is 4. The topological polar surface area (TPSA) is 90.5 Å². The molecule has 1 amide bonds. The molecule has 152 valence electrons. The number of carbonyl (C=O) groups is 1. The van der Waals surface area contributed by atoms with Gasteiger partial charge in [0, 0.05) is 5.56 Å². The third-order valence-electron chi connectivity index (χ3n) is 4.85. The van der Waals surface area contributed by atoms with Gasteiger partial charge in [0.1, 0.15) is 24.1 Å². The predicted octanol–water partition coefficient (Wildman–Crippen LogP) is 2.44. The summed E-state index contributed by atoms with van der Waals surface area (Å²) in [5.74, 6) is 0.447. The van der Waals surface area contributed by atoms with E-state index in [-0.39, 0.29) is 24.1 Å². The van der Waals surface area contributed by atoms with Crippen molar-refractivity contribution in [3.05, 3.63) is 82.9 Å². The highest BCUT2D eigenvalue weighted by Crippen LogP contribution is 2.21. The van der Waals surface area contributed by atoms with Gasteiger partial charge in [-0.05, 0) is 42.8 Å². The third kappa shape index (κ3) is 3.93. The van der Waals surface area contributed by atoms with Crippen molar-refractivity contribution in [1.82, 2.24) is 24.7 Å². The van der Waals surface area contributed by atoms with Crippen LogP contribution >= 0.6 is 0 Å². The van der Waals surface area contributed by atoms with Crippen molar-refractivity contribution in [3.63, 3.8) is 0 Å². The maximum absolute atomic E-state index is 12.8. The lowest BCUT2D eigenvalue weighted by molar-refractivity contribution is -0.122. The van der Waals surface area contributed by atoms with E-state index in [1.54, 1.807) is 13.2 Å². The minimum Gasteiger partial charge on any atom is -0.497 e. The second-order valence-electron chi connectivity index (χ2n) is 6.88. The Morgan fingerprint density at radius 2 is 1.87 bits per heavy atom. The van der Waals surface area contributed by atoms with Crippen molar-refractivity contribution in [2.75, 3.05) is 7.11 Å². The number of hydrogen-bond donors (Lipinski definition) is 1. The number of nitrogens with zero attached hydrogens (tertiary/aromatic N) is 4. The van der Waals surface area contributed by atoms with Crippen LogP contribution in [-0.2, 0) is 11.3 Å². The van der Waals surface area contributed by atoms with E-state index in [1.165, 1.54) is 10.8 Å². The molecule has 0 bridgehead atoms. The maximum atomic E-state index is 12.8. The first-order valence-corrected chi connectivity index (χ1v) is 9.49. The van der Waals surface area contributed by atoms with E-state index in [2.05, 4.69) is 15.5 Å². The van der Waals surface area contributed by atoms with E-state index in [9.17, 15) is 9.59 Å². The number of benzene rings is 2. The zero-order chi connectivity index (χ0) is 21.1.